The number of halogens is 2. The van der Waals surface area contributed by atoms with Crippen LogP contribution in [-0.2, 0) is 6.54 Å². The van der Waals surface area contributed by atoms with Crippen LogP contribution in [0, 0.1) is 5.82 Å². The first-order valence-corrected chi connectivity index (χ1v) is 10.1. The minimum absolute atomic E-state index is 0.131. The van der Waals surface area contributed by atoms with Gasteiger partial charge in [-0.25, -0.2) is 9.37 Å². The molecule has 1 aliphatic rings. The van der Waals surface area contributed by atoms with E-state index in [4.69, 9.17) is 11.6 Å². The Balaban J connectivity index is 1.52. The second-order valence-electron chi connectivity index (χ2n) is 6.98. The Bertz CT molecular complexity index is 755. The van der Waals surface area contributed by atoms with Crippen molar-refractivity contribution in [1.29, 1.82) is 0 Å². The number of hydrogen-bond donors (Lipinski definition) is 1. The molecule has 1 N–H and O–H groups in total. The normalized spacial score (nSPS) is 16.2. The van der Waals surface area contributed by atoms with Gasteiger partial charge in [0, 0.05) is 30.6 Å². The van der Waals surface area contributed by atoms with Gasteiger partial charge in [0.15, 0.2) is 4.47 Å². The zero-order valence-corrected chi connectivity index (χ0v) is 16.5. The highest BCUT2D eigenvalue weighted by molar-refractivity contribution is 7.16. The van der Waals surface area contributed by atoms with Crippen LogP contribution in [0.5, 0.6) is 0 Å². The summed E-state index contributed by atoms with van der Waals surface area (Å²) in [5, 5.41) is 3.11. The Morgan fingerprint density at radius 1 is 1.35 bits per heavy atom. The van der Waals surface area contributed by atoms with E-state index in [1.165, 1.54) is 23.5 Å². The first-order valence-electron chi connectivity index (χ1n) is 8.86. The van der Waals surface area contributed by atoms with E-state index in [2.05, 4.69) is 15.2 Å². The van der Waals surface area contributed by atoms with Crippen LogP contribution in [0.2, 0.25) is 4.47 Å². The summed E-state index contributed by atoms with van der Waals surface area (Å²) in [4.78, 5) is 20.0. The maximum Gasteiger partial charge on any atom is 0.271 e. The summed E-state index contributed by atoms with van der Waals surface area (Å²) in [6.45, 7) is 6.68. The highest BCUT2D eigenvalue weighted by atomic mass is 35.5. The van der Waals surface area contributed by atoms with Gasteiger partial charge in [0.2, 0.25) is 0 Å². The predicted octanol–water partition coefficient (Wildman–Crippen LogP) is 4.45. The summed E-state index contributed by atoms with van der Waals surface area (Å²) in [7, 11) is 0. The van der Waals surface area contributed by atoms with E-state index in [0.29, 0.717) is 10.2 Å². The fourth-order valence-electron chi connectivity index (χ4n) is 3.20. The molecule has 1 fully saturated rings. The molecule has 1 aromatic heterocycles. The van der Waals surface area contributed by atoms with Crippen LogP contribution >= 0.6 is 22.9 Å². The largest absolute Gasteiger partial charge is 0.348 e. The lowest BCUT2D eigenvalue weighted by atomic mass is 10.0. The summed E-state index contributed by atoms with van der Waals surface area (Å²) < 4.78 is 13.4. The zero-order chi connectivity index (χ0) is 18.7. The number of nitrogens with one attached hydrogen (secondary N) is 1. The molecule has 0 saturated carbocycles. The monoisotopic (exact) mass is 395 g/mol. The fourth-order valence-corrected chi connectivity index (χ4v) is 4.32. The number of thiazole rings is 1. The van der Waals surface area contributed by atoms with E-state index in [9.17, 15) is 9.18 Å². The lowest BCUT2D eigenvalue weighted by Crippen LogP contribution is -2.44. The number of nitrogens with zero attached hydrogens (tertiary/aromatic N) is 2. The number of hydrogen-bond acceptors (Lipinski definition) is 4. The molecule has 140 valence electrons. The van der Waals surface area contributed by atoms with Crippen LogP contribution in [0.15, 0.2) is 24.3 Å². The molecule has 1 aromatic carbocycles. The van der Waals surface area contributed by atoms with Gasteiger partial charge in [0.05, 0.1) is 0 Å². The number of rotatable bonds is 5. The number of aromatic nitrogens is 1. The molecule has 0 bridgehead atoms. The maximum absolute atomic E-state index is 13.0. The second-order valence-corrected chi connectivity index (χ2v) is 8.60. The molecule has 2 heterocycles. The summed E-state index contributed by atoms with van der Waals surface area (Å²) in [6, 6.07) is 6.78. The van der Waals surface area contributed by atoms with E-state index in [-0.39, 0.29) is 23.7 Å². The quantitative estimate of drug-likeness (QED) is 0.813. The van der Waals surface area contributed by atoms with Crippen molar-refractivity contribution in [3.63, 3.8) is 0 Å². The molecular weight excluding hydrogens is 373 g/mol. The number of carbonyl (C=O) groups excluding carboxylic acids is 1. The SMILES string of the molecule is CC(C)c1sc(Cl)nc1C(=O)NC1CCN(Cc2ccc(F)cc2)CC1. The third-order valence-electron chi connectivity index (χ3n) is 4.61. The molecule has 2 aromatic rings. The number of likely N-dealkylation sites (tertiary alicyclic amines) is 1. The standard InChI is InChI=1S/C19H23ClFN3OS/c1-12(2)17-16(23-19(20)26-17)18(25)22-15-7-9-24(10-8-15)11-13-3-5-14(21)6-4-13/h3-6,12,15H,7-11H2,1-2H3,(H,22,25). The lowest BCUT2D eigenvalue weighted by Gasteiger charge is -2.32. The fraction of sp³-hybridized carbons (Fsp3) is 0.474. The Morgan fingerprint density at radius 3 is 2.62 bits per heavy atom. The highest BCUT2D eigenvalue weighted by Gasteiger charge is 2.25. The van der Waals surface area contributed by atoms with E-state index in [1.54, 1.807) is 0 Å². The average Bonchev–Trinajstić information content (AvgIpc) is 3.01. The molecule has 1 aliphatic heterocycles. The molecule has 1 amide bonds. The van der Waals surface area contributed by atoms with Crippen molar-refractivity contribution in [1.82, 2.24) is 15.2 Å². The number of carbonyl (C=O) groups is 1. The highest BCUT2D eigenvalue weighted by Crippen LogP contribution is 2.29. The topological polar surface area (TPSA) is 45.2 Å². The van der Waals surface area contributed by atoms with Crippen LogP contribution in [0.3, 0.4) is 0 Å². The summed E-state index contributed by atoms with van der Waals surface area (Å²) >= 11 is 7.37. The van der Waals surface area contributed by atoms with Crippen LogP contribution < -0.4 is 5.32 Å². The molecule has 0 aliphatic carbocycles. The number of benzene rings is 1. The summed E-state index contributed by atoms with van der Waals surface area (Å²) in [6.07, 6.45) is 1.78. The molecule has 4 nitrogen and oxygen atoms in total. The van der Waals surface area contributed by atoms with Crippen molar-refractivity contribution in [3.8, 4) is 0 Å². The lowest BCUT2D eigenvalue weighted by molar-refractivity contribution is 0.0903. The molecule has 0 unspecified atom stereocenters. The van der Waals surface area contributed by atoms with Gasteiger partial charge in [-0.2, -0.15) is 0 Å². The minimum atomic E-state index is -0.210. The molecule has 1 saturated heterocycles. The van der Waals surface area contributed by atoms with Crippen molar-refractivity contribution in [2.45, 2.75) is 45.2 Å². The number of piperidine rings is 1. The van der Waals surface area contributed by atoms with Gasteiger partial charge >= 0.3 is 0 Å². The number of amides is 1. The first kappa shape index (κ1) is 19.3. The predicted molar refractivity (Wildman–Crippen MR) is 103 cm³/mol. The third-order valence-corrected chi connectivity index (χ3v) is 6.07. The van der Waals surface area contributed by atoms with Crippen LogP contribution in [0.4, 0.5) is 4.39 Å². The van der Waals surface area contributed by atoms with Crippen molar-refractivity contribution in [2.24, 2.45) is 0 Å². The second kappa shape index (κ2) is 8.46. The van der Waals surface area contributed by atoms with Crippen molar-refractivity contribution >= 4 is 28.8 Å². The van der Waals surface area contributed by atoms with Crippen LogP contribution in [-0.4, -0.2) is 34.9 Å². The van der Waals surface area contributed by atoms with Gasteiger partial charge < -0.3 is 5.32 Å². The Morgan fingerprint density at radius 2 is 2.00 bits per heavy atom. The third kappa shape index (κ3) is 4.81. The Kier molecular flexibility index (Phi) is 6.27. The molecule has 0 spiro atoms. The zero-order valence-electron chi connectivity index (χ0n) is 15.0. The van der Waals surface area contributed by atoms with E-state index in [0.717, 1.165) is 42.9 Å². The first-order chi connectivity index (χ1) is 12.4. The molecule has 0 radical (unpaired) electrons. The van der Waals surface area contributed by atoms with E-state index < -0.39 is 0 Å². The van der Waals surface area contributed by atoms with Crippen molar-refractivity contribution in [3.05, 3.63) is 50.7 Å². The van der Waals surface area contributed by atoms with Gasteiger partial charge in [-0.15, -0.1) is 11.3 Å². The average molecular weight is 396 g/mol. The Labute approximate surface area is 162 Å². The van der Waals surface area contributed by atoms with Gasteiger partial charge in [-0.05, 0) is 36.5 Å². The summed E-state index contributed by atoms with van der Waals surface area (Å²) in [5.74, 6) is -0.120. The van der Waals surface area contributed by atoms with E-state index >= 15 is 0 Å². The molecule has 0 atom stereocenters. The van der Waals surface area contributed by atoms with Gasteiger partial charge in [0.25, 0.3) is 5.91 Å². The Hall–Kier alpha value is -1.50. The maximum atomic E-state index is 13.0. The van der Waals surface area contributed by atoms with E-state index in [1.807, 2.05) is 26.0 Å². The molecular formula is C19H23ClFN3OS. The minimum Gasteiger partial charge on any atom is -0.348 e. The van der Waals surface area contributed by atoms with Crippen LogP contribution in [0.1, 0.15) is 53.5 Å². The van der Waals surface area contributed by atoms with Gasteiger partial charge in [-0.1, -0.05) is 37.6 Å². The molecule has 26 heavy (non-hydrogen) atoms. The van der Waals surface area contributed by atoms with Crippen molar-refractivity contribution < 1.29 is 9.18 Å². The van der Waals surface area contributed by atoms with Crippen LogP contribution in [0.25, 0.3) is 0 Å². The van der Waals surface area contributed by atoms with Gasteiger partial charge in [0.1, 0.15) is 11.5 Å². The van der Waals surface area contributed by atoms with Gasteiger partial charge in [-0.3, -0.25) is 9.69 Å². The molecule has 7 heteroatoms. The van der Waals surface area contributed by atoms with Crippen molar-refractivity contribution in [2.75, 3.05) is 13.1 Å². The smallest absolute Gasteiger partial charge is 0.271 e. The molecule has 3 rings (SSSR count). The summed E-state index contributed by atoms with van der Waals surface area (Å²) in [5.41, 5.74) is 1.57.